The zero-order valence-corrected chi connectivity index (χ0v) is 15.4. The number of hydrogen-bond donors (Lipinski definition) is 1. The lowest BCUT2D eigenvalue weighted by molar-refractivity contribution is -0.142. The molecule has 0 bridgehead atoms. The number of halogens is 3. The summed E-state index contributed by atoms with van der Waals surface area (Å²) < 4.78 is 41.7. The lowest BCUT2D eigenvalue weighted by Crippen LogP contribution is -2.32. The molecule has 152 valence electrons. The third kappa shape index (κ3) is 3.95. The lowest BCUT2D eigenvalue weighted by atomic mass is 10.1. The number of amides is 1. The van der Waals surface area contributed by atoms with Crippen molar-refractivity contribution in [2.75, 3.05) is 13.1 Å². The first-order valence-corrected chi connectivity index (χ1v) is 9.34. The van der Waals surface area contributed by atoms with Crippen LogP contribution in [0.5, 0.6) is 0 Å². The van der Waals surface area contributed by atoms with Gasteiger partial charge in [-0.1, -0.05) is 30.3 Å². The van der Waals surface area contributed by atoms with E-state index in [0.717, 1.165) is 6.07 Å². The third-order valence-electron chi connectivity index (χ3n) is 4.99. The van der Waals surface area contributed by atoms with Gasteiger partial charge in [0.1, 0.15) is 0 Å². The van der Waals surface area contributed by atoms with Crippen LogP contribution >= 0.6 is 0 Å². The average Bonchev–Trinajstić information content (AvgIpc) is 3.01. The number of carbonyl (C=O) groups is 1. The predicted molar refractivity (Wildman–Crippen MR) is 99.2 cm³/mol. The predicted octanol–water partition coefficient (Wildman–Crippen LogP) is 3.40. The standard InChI is InChI=1S/C20H19F3N4O2/c21-20(22,23)17-11-15(13-5-2-1-3-6-13)24-18-12-16(25-27(17)18)19(29)26-9-4-7-14(28)8-10-26/h1-3,5-6,11-12,14,28H,4,7-10H2. The molecule has 1 aliphatic heterocycles. The Morgan fingerprint density at radius 1 is 1.10 bits per heavy atom. The summed E-state index contributed by atoms with van der Waals surface area (Å²) in [6, 6.07) is 10.8. The Bertz CT molecular complexity index is 1030. The fraction of sp³-hybridized carbons (Fsp3) is 0.350. The summed E-state index contributed by atoms with van der Waals surface area (Å²) in [5.74, 6) is -0.459. The Kier molecular flexibility index (Phi) is 4.99. The minimum absolute atomic E-state index is 0.0446. The molecule has 1 amide bonds. The van der Waals surface area contributed by atoms with Crippen molar-refractivity contribution in [3.05, 3.63) is 53.9 Å². The second-order valence-electron chi connectivity index (χ2n) is 7.07. The number of fused-ring (bicyclic) bond motifs is 1. The Morgan fingerprint density at radius 2 is 1.86 bits per heavy atom. The minimum atomic E-state index is -4.66. The fourth-order valence-corrected chi connectivity index (χ4v) is 3.48. The van der Waals surface area contributed by atoms with Crippen molar-refractivity contribution in [3.63, 3.8) is 0 Å². The van der Waals surface area contributed by atoms with E-state index in [0.29, 0.717) is 42.4 Å². The molecular formula is C20H19F3N4O2. The van der Waals surface area contributed by atoms with E-state index in [4.69, 9.17) is 0 Å². The highest BCUT2D eigenvalue weighted by Crippen LogP contribution is 2.32. The molecule has 0 spiro atoms. The maximum atomic E-state index is 13.7. The Balaban J connectivity index is 1.77. The minimum Gasteiger partial charge on any atom is -0.393 e. The molecule has 2 aromatic heterocycles. The van der Waals surface area contributed by atoms with E-state index in [-0.39, 0.29) is 17.0 Å². The second-order valence-corrected chi connectivity index (χ2v) is 7.07. The molecule has 0 radical (unpaired) electrons. The molecule has 1 aromatic carbocycles. The van der Waals surface area contributed by atoms with E-state index in [2.05, 4.69) is 10.1 Å². The summed E-state index contributed by atoms with van der Waals surface area (Å²) in [6.07, 6.45) is -3.48. The highest BCUT2D eigenvalue weighted by molar-refractivity contribution is 5.93. The SMILES string of the molecule is O=C(c1cc2nc(-c3ccccc3)cc(C(F)(F)F)n2n1)N1CCCC(O)CC1. The number of aliphatic hydroxyl groups is 1. The van der Waals surface area contributed by atoms with Gasteiger partial charge in [0, 0.05) is 24.7 Å². The largest absolute Gasteiger partial charge is 0.433 e. The zero-order valence-electron chi connectivity index (χ0n) is 15.4. The van der Waals surface area contributed by atoms with E-state index in [1.54, 1.807) is 30.3 Å². The molecule has 0 saturated carbocycles. The molecule has 1 atom stereocenters. The Labute approximate surface area is 164 Å². The van der Waals surface area contributed by atoms with Crippen LogP contribution in [-0.4, -0.2) is 49.7 Å². The molecule has 1 saturated heterocycles. The van der Waals surface area contributed by atoms with E-state index < -0.39 is 23.9 Å². The maximum Gasteiger partial charge on any atom is 0.433 e. The highest BCUT2D eigenvalue weighted by Gasteiger charge is 2.36. The summed E-state index contributed by atoms with van der Waals surface area (Å²) in [4.78, 5) is 18.6. The zero-order chi connectivity index (χ0) is 20.6. The summed E-state index contributed by atoms with van der Waals surface area (Å²) in [7, 11) is 0. The van der Waals surface area contributed by atoms with E-state index in [1.807, 2.05) is 0 Å². The quantitative estimate of drug-likeness (QED) is 0.711. The van der Waals surface area contributed by atoms with Crippen LogP contribution in [0.3, 0.4) is 0 Å². The Morgan fingerprint density at radius 3 is 2.59 bits per heavy atom. The van der Waals surface area contributed by atoms with Crippen molar-refractivity contribution < 1.29 is 23.1 Å². The van der Waals surface area contributed by atoms with Crippen LogP contribution in [0.25, 0.3) is 16.9 Å². The first kappa shape index (κ1) is 19.4. The van der Waals surface area contributed by atoms with Crippen molar-refractivity contribution in [2.24, 2.45) is 0 Å². The monoisotopic (exact) mass is 404 g/mol. The van der Waals surface area contributed by atoms with Crippen molar-refractivity contribution in [1.29, 1.82) is 0 Å². The van der Waals surface area contributed by atoms with Crippen molar-refractivity contribution in [3.8, 4) is 11.3 Å². The lowest BCUT2D eigenvalue weighted by Gasteiger charge is -2.18. The number of hydrogen-bond acceptors (Lipinski definition) is 4. The molecule has 6 nitrogen and oxygen atoms in total. The molecule has 29 heavy (non-hydrogen) atoms. The smallest absolute Gasteiger partial charge is 0.393 e. The van der Waals surface area contributed by atoms with Crippen LogP contribution in [0.2, 0.25) is 0 Å². The van der Waals surface area contributed by atoms with Crippen LogP contribution < -0.4 is 0 Å². The highest BCUT2D eigenvalue weighted by atomic mass is 19.4. The normalized spacial score (nSPS) is 18.1. The first-order valence-electron chi connectivity index (χ1n) is 9.34. The van der Waals surface area contributed by atoms with E-state index in [1.165, 1.54) is 11.0 Å². The van der Waals surface area contributed by atoms with Crippen molar-refractivity contribution in [2.45, 2.75) is 31.5 Å². The van der Waals surface area contributed by atoms with Gasteiger partial charge in [-0.05, 0) is 25.3 Å². The fourth-order valence-electron chi connectivity index (χ4n) is 3.48. The van der Waals surface area contributed by atoms with Gasteiger partial charge in [-0.3, -0.25) is 4.79 Å². The van der Waals surface area contributed by atoms with E-state index >= 15 is 0 Å². The maximum absolute atomic E-state index is 13.7. The van der Waals surface area contributed by atoms with Crippen LogP contribution in [0.1, 0.15) is 35.4 Å². The molecule has 3 heterocycles. The van der Waals surface area contributed by atoms with Crippen molar-refractivity contribution >= 4 is 11.6 Å². The van der Waals surface area contributed by atoms with Crippen LogP contribution in [0, 0.1) is 0 Å². The van der Waals surface area contributed by atoms with Crippen LogP contribution in [-0.2, 0) is 6.18 Å². The van der Waals surface area contributed by atoms with Gasteiger partial charge in [0.15, 0.2) is 17.0 Å². The molecule has 1 fully saturated rings. The summed E-state index contributed by atoms with van der Waals surface area (Å²) in [5, 5.41) is 13.7. The number of aliphatic hydroxyl groups excluding tert-OH is 1. The molecule has 3 aromatic rings. The number of benzene rings is 1. The number of rotatable bonds is 2. The number of alkyl halides is 3. The molecule has 9 heteroatoms. The van der Waals surface area contributed by atoms with Gasteiger partial charge in [0.05, 0.1) is 11.8 Å². The third-order valence-corrected chi connectivity index (χ3v) is 4.99. The second kappa shape index (κ2) is 7.47. The Hall–Kier alpha value is -2.94. The molecule has 1 unspecified atom stereocenters. The molecular weight excluding hydrogens is 385 g/mol. The summed E-state index contributed by atoms with van der Waals surface area (Å²) in [5.41, 5.74) is -0.438. The number of carbonyl (C=O) groups excluding carboxylic acids is 1. The summed E-state index contributed by atoms with van der Waals surface area (Å²) in [6.45, 7) is 0.765. The van der Waals surface area contributed by atoms with Gasteiger partial charge < -0.3 is 10.0 Å². The van der Waals surface area contributed by atoms with Crippen LogP contribution in [0.15, 0.2) is 42.5 Å². The average molecular weight is 404 g/mol. The molecule has 4 rings (SSSR count). The van der Waals surface area contributed by atoms with Gasteiger partial charge in [-0.15, -0.1) is 0 Å². The van der Waals surface area contributed by atoms with Gasteiger partial charge in [0.2, 0.25) is 0 Å². The van der Waals surface area contributed by atoms with Crippen LogP contribution in [0.4, 0.5) is 13.2 Å². The van der Waals surface area contributed by atoms with E-state index in [9.17, 15) is 23.1 Å². The number of nitrogens with zero attached hydrogens (tertiary/aromatic N) is 4. The summed E-state index contributed by atoms with van der Waals surface area (Å²) >= 11 is 0. The number of aromatic nitrogens is 3. The molecule has 1 aliphatic rings. The van der Waals surface area contributed by atoms with Gasteiger partial charge in [-0.25, -0.2) is 9.50 Å². The van der Waals surface area contributed by atoms with Gasteiger partial charge in [-0.2, -0.15) is 18.3 Å². The molecule has 1 N–H and O–H groups in total. The first-order chi connectivity index (χ1) is 13.8. The molecule has 0 aliphatic carbocycles. The number of likely N-dealkylation sites (tertiary alicyclic amines) is 1. The topological polar surface area (TPSA) is 70.7 Å². The van der Waals surface area contributed by atoms with Gasteiger partial charge >= 0.3 is 6.18 Å². The van der Waals surface area contributed by atoms with Gasteiger partial charge in [0.25, 0.3) is 5.91 Å². The van der Waals surface area contributed by atoms with Crippen molar-refractivity contribution in [1.82, 2.24) is 19.5 Å².